The van der Waals surface area contributed by atoms with Crippen LogP contribution in [0.15, 0.2) is 65.9 Å². The van der Waals surface area contributed by atoms with Crippen molar-refractivity contribution in [3.63, 3.8) is 0 Å². The minimum atomic E-state index is -4.79. The number of hydrogen-bond donors (Lipinski definition) is 2. The van der Waals surface area contributed by atoms with Crippen LogP contribution < -0.4 is 15.5 Å². The van der Waals surface area contributed by atoms with Crippen molar-refractivity contribution < 1.29 is 22.3 Å². The van der Waals surface area contributed by atoms with E-state index in [1.54, 1.807) is 6.07 Å². The zero-order valence-electron chi connectivity index (χ0n) is 17.8. The minimum Gasteiger partial charge on any atom is -0.406 e. The standard InChI is InChI=1S/C22H13Cl2F4N7O/c23-15-2-1-3-16(25)18(15)19-32-20(31-13-8-9-29-17(24)10-13)34-21(33-19)35-30-11-12-4-6-14(7-5-12)36-22(26,27)28/h1-11H,(H2,29,31,32,33,34,35)/b30-11-. The number of halogens is 6. The second-order valence-electron chi connectivity index (χ2n) is 6.88. The van der Waals surface area contributed by atoms with Crippen LogP contribution in [0.3, 0.4) is 0 Å². The number of nitrogens with zero attached hydrogens (tertiary/aromatic N) is 5. The van der Waals surface area contributed by atoms with E-state index in [4.69, 9.17) is 23.2 Å². The molecule has 0 aliphatic heterocycles. The van der Waals surface area contributed by atoms with Crippen molar-refractivity contribution in [3.05, 3.63) is 82.4 Å². The van der Waals surface area contributed by atoms with Crippen LogP contribution in [0.25, 0.3) is 11.4 Å². The molecule has 14 heteroatoms. The number of pyridine rings is 1. The van der Waals surface area contributed by atoms with Crippen LogP contribution in [0.5, 0.6) is 5.75 Å². The van der Waals surface area contributed by atoms with E-state index in [1.807, 2.05) is 0 Å². The molecule has 184 valence electrons. The second-order valence-corrected chi connectivity index (χ2v) is 7.68. The third-order valence-corrected chi connectivity index (χ3v) is 4.82. The lowest BCUT2D eigenvalue weighted by molar-refractivity contribution is -0.274. The predicted molar refractivity (Wildman–Crippen MR) is 127 cm³/mol. The van der Waals surface area contributed by atoms with Crippen molar-refractivity contribution in [2.24, 2.45) is 5.10 Å². The van der Waals surface area contributed by atoms with Crippen LogP contribution in [-0.4, -0.2) is 32.5 Å². The van der Waals surface area contributed by atoms with Crippen LogP contribution in [-0.2, 0) is 0 Å². The summed E-state index contributed by atoms with van der Waals surface area (Å²) in [5.74, 6) is -1.16. The van der Waals surface area contributed by atoms with Crippen molar-refractivity contribution in [2.75, 3.05) is 10.7 Å². The van der Waals surface area contributed by atoms with Crippen LogP contribution in [0.1, 0.15) is 5.56 Å². The van der Waals surface area contributed by atoms with Gasteiger partial charge in [-0.15, -0.1) is 13.2 Å². The molecule has 4 aromatic rings. The molecule has 0 unspecified atom stereocenters. The molecule has 0 saturated heterocycles. The van der Waals surface area contributed by atoms with Crippen LogP contribution >= 0.6 is 23.2 Å². The van der Waals surface area contributed by atoms with Crippen molar-refractivity contribution in [3.8, 4) is 17.1 Å². The molecule has 0 aliphatic carbocycles. The Balaban J connectivity index is 1.60. The van der Waals surface area contributed by atoms with Gasteiger partial charge in [-0.1, -0.05) is 29.3 Å². The molecule has 0 spiro atoms. The highest BCUT2D eigenvalue weighted by Gasteiger charge is 2.30. The number of anilines is 3. The van der Waals surface area contributed by atoms with Gasteiger partial charge in [0, 0.05) is 11.9 Å². The van der Waals surface area contributed by atoms with Gasteiger partial charge >= 0.3 is 6.36 Å². The second kappa shape index (κ2) is 10.7. The van der Waals surface area contributed by atoms with Gasteiger partial charge in [0.1, 0.15) is 16.7 Å². The Kier molecular flexibility index (Phi) is 7.46. The summed E-state index contributed by atoms with van der Waals surface area (Å²) in [4.78, 5) is 16.5. The number of hydrogen-bond acceptors (Lipinski definition) is 8. The summed E-state index contributed by atoms with van der Waals surface area (Å²) in [6.45, 7) is 0. The summed E-state index contributed by atoms with van der Waals surface area (Å²) in [5, 5.41) is 7.20. The number of nitrogens with one attached hydrogen (secondary N) is 2. The first-order valence-electron chi connectivity index (χ1n) is 9.90. The molecule has 0 atom stereocenters. The highest BCUT2D eigenvalue weighted by molar-refractivity contribution is 6.33. The molecule has 2 aromatic carbocycles. The first kappa shape index (κ1) is 25.1. The van der Waals surface area contributed by atoms with E-state index in [9.17, 15) is 17.6 Å². The Labute approximate surface area is 211 Å². The minimum absolute atomic E-state index is 0.0212. The predicted octanol–water partition coefficient (Wildman–Crippen LogP) is 6.47. The summed E-state index contributed by atoms with van der Waals surface area (Å²) >= 11 is 12.1. The van der Waals surface area contributed by atoms with Gasteiger partial charge in [0.15, 0.2) is 5.82 Å². The molecule has 36 heavy (non-hydrogen) atoms. The molecule has 4 rings (SSSR count). The highest BCUT2D eigenvalue weighted by Crippen LogP contribution is 2.29. The maximum absolute atomic E-state index is 14.5. The van der Waals surface area contributed by atoms with Gasteiger partial charge in [-0.05, 0) is 54.1 Å². The van der Waals surface area contributed by atoms with Crippen molar-refractivity contribution >= 4 is 47.0 Å². The summed E-state index contributed by atoms with van der Waals surface area (Å²) in [5.41, 5.74) is 3.49. The molecule has 0 saturated carbocycles. The molecular formula is C22H13Cl2F4N7O. The fraction of sp³-hybridized carbons (Fsp3) is 0.0455. The molecule has 0 aliphatic rings. The zero-order chi connectivity index (χ0) is 25.7. The monoisotopic (exact) mass is 537 g/mol. The Morgan fingerprint density at radius 3 is 2.39 bits per heavy atom. The van der Waals surface area contributed by atoms with E-state index in [-0.39, 0.29) is 39.2 Å². The summed E-state index contributed by atoms with van der Waals surface area (Å²) in [6, 6.07) is 12.3. The van der Waals surface area contributed by atoms with Gasteiger partial charge < -0.3 is 10.1 Å². The van der Waals surface area contributed by atoms with E-state index in [0.29, 0.717) is 11.3 Å². The number of alkyl halides is 3. The molecule has 0 radical (unpaired) electrons. The molecule has 0 fully saturated rings. The topological polar surface area (TPSA) is 97.2 Å². The van der Waals surface area contributed by atoms with E-state index in [2.05, 4.69) is 40.5 Å². The summed E-state index contributed by atoms with van der Waals surface area (Å²) in [6.07, 6.45) is -2.01. The number of hydrazone groups is 1. The Morgan fingerprint density at radius 2 is 1.69 bits per heavy atom. The fourth-order valence-corrected chi connectivity index (χ4v) is 3.26. The fourth-order valence-electron chi connectivity index (χ4n) is 2.83. The van der Waals surface area contributed by atoms with Crippen molar-refractivity contribution in [1.29, 1.82) is 0 Å². The molecule has 0 amide bonds. The van der Waals surface area contributed by atoms with Crippen LogP contribution in [0, 0.1) is 5.82 Å². The van der Waals surface area contributed by atoms with Gasteiger partial charge in [-0.25, -0.2) is 14.8 Å². The van der Waals surface area contributed by atoms with Crippen LogP contribution in [0.2, 0.25) is 10.2 Å². The molecule has 0 bridgehead atoms. The quantitative estimate of drug-likeness (QED) is 0.121. The lowest BCUT2D eigenvalue weighted by Crippen LogP contribution is -2.17. The SMILES string of the molecule is Fc1cccc(Cl)c1-c1nc(N/N=C\c2ccc(OC(F)(F)F)cc2)nc(Nc2ccnc(Cl)c2)n1. The van der Waals surface area contributed by atoms with Gasteiger partial charge in [-0.2, -0.15) is 20.1 Å². The maximum Gasteiger partial charge on any atom is 0.573 e. The molecule has 8 nitrogen and oxygen atoms in total. The number of ether oxygens (including phenoxy) is 1. The number of benzene rings is 2. The summed E-state index contributed by atoms with van der Waals surface area (Å²) < 4.78 is 55.3. The van der Waals surface area contributed by atoms with Gasteiger partial charge in [0.25, 0.3) is 0 Å². The normalized spacial score (nSPS) is 11.5. The maximum atomic E-state index is 14.5. The first-order chi connectivity index (χ1) is 17.2. The molecule has 2 N–H and O–H groups in total. The van der Waals surface area contributed by atoms with E-state index >= 15 is 0 Å². The molecule has 2 aromatic heterocycles. The lowest BCUT2D eigenvalue weighted by Gasteiger charge is -2.10. The van der Waals surface area contributed by atoms with E-state index < -0.39 is 12.2 Å². The average Bonchev–Trinajstić information content (AvgIpc) is 2.79. The Morgan fingerprint density at radius 1 is 0.944 bits per heavy atom. The molecule has 2 heterocycles. The Hall–Kier alpha value is -4.03. The highest BCUT2D eigenvalue weighted by atomic mass is 35.5. The molecular weight excluding hydrogens is 525 g/mol. The smallest absolute Gasteiger partial charge is 0.406 e. The van der Waals surface area contributed by atoms with Crippen molar-refractivity contribution in [1.82, 2.24) is 19.9 Å². The van der Waals surface area contributed by atoms with E-state index in [1.165, 1.54) is 48.8 Å². The zero-order valence-corrected chi connectivity index (χ0v) is 19.3. The van der Waals surface area contributed by atoms with E-state index in [0.717, 1.165) is 12.1 Å². The summed E-state index contributed by atoms with van der Waals surface area (Å²) in [7, 11) is 0. The van der Waals surface area contributed by atoms with Gasteiger partial charge in [0.05, 0.1) is 16.8 Å². The van der Waals surface area contributed by atoms with Gasteiger partial charge in [-0.3, -0.25) is 0 Å². The lowest BCUT2D eigenvalue weighted by atomic mass is 10.2. The number of rotatable bonds is 7. The third-order valence-electron chi connectivity index (χ3n) is 4.30. The first-order valence-corrected chi connectivity index (χ1v) is 10.7. The Bertz CT molecular complexity index is 1380. The largest absolute Gasteiger partial charge is 0.573 e. The third kappa shape index (κ3) is 6.77. The number of aromatic nitrogens is 4. The van der Waals surface area contributed by atoms with Gasteiger partial charge in [0.2, 0.25) is 11.9 Å². The van der Waals surface area contributed by atoms with Crippen LogP contribution in [0.4, 0.5) is 35.1 Å². The average molecular weight is 538 g/mol. The van der Waals surface area contributed by atoms with Crippen molar-refractivity contribution in [2.45, 2.75) is 6.36 Å².